The Balaban J connectivity index is 1.77. The second kappa shape index (κ2) is 11.9. The van der Waals surface area contributed by atoms with Gasteiger partial charge in [0.1, 0.15) is 18.1 Å². The van der Waals surface area contributed by atoms with E-state index in [0.717, 1.165) is 13.0 Å². The fourth-order valence-electron chi connectivity index (χ4n) is 3.57. The van der Waals surface area contributed by atoms with Crippen molar-refractivity contribution in [3.63, 3.8) is 0 Å². The second-order valence-corrected chi connectivity index (χ2v) is 7.19. The molecule has 0 saturated heterocycles. The Kier molecular flexibility index (Phi) is 9.40. The summed E-state index contributed by atoms with van der Waals surface area (Å²) in [6.07, 6.45) is 19.4. The summed E-state index contributed by atoms with van der Waals surface area (Å²) >= 11 is 0. The molecule has 0 atom stereocenters. The summed E-state index contributed by atoms with van der Waals surface area (Å²) in [7, 11) is 0. The third kappa shape index (κ3) is 6.68. The maximum atomic E-state index is 2.47. The lowest BCUT2D eigenvalue weighted by Gasteiger charge is -2.05. The highest BCUT2D eigenvalue weighted by atomic mass is 15.1. The Morgan fingerprint density at radius 2 is 1.40 bits per heavy atom. The Labute approximate surface area is 154 Å². The number of benzene rings is 1. The molecular weight excluding hydrogens is 304 g/mol. The van der Waals surface area contributed by atoms with Crippen molar-refractivity contribution in [1.29, 1.82) is 0 Å². The standard InChI is InChI=1S/C23H37N2/c1-3-5-6-7-8-9-10-11-15-19-24-20-21-25(23(24)16-4-2)22-17-13-12-14-18-22/h12-14,17-18,20-21H,3-11,15-16,19H2,1-2H3/q+1. The second-order valence-electron chi connectivity index (χ2n) is 7.19. The summed E-state index contributed by atoms with van der Waals surface area (Å²) < 4.78 is 4.83. The minimum atomic E-state index is 1.14. The molecule has 0 unspecified atom stereocenters. The van der Waals surface area contributed by atoms with E-state index in [1.165, 1.54) is 75.7 Å². The summed E-state index contributed by atoms with van der Waals surface area (Å²) in [5, 5.41) is 0. The van der Waals surface area contributed by atoms with E-state index >= 15 is 0 Å². The van der Waals surface area contributed by atoms with Gasteiger partial charge >= 0.3 is 0 Å². The Morgan fingerprint density at radius 1 is 0.760 bits per heavy atom. The minimum absolute atomic E-state index is 1.14. The average molecular weight is 342 g/mol. The van der Waals surface area contributed by atoms with Crippen LogP contribution in [0.25, 0.3) is 5.69 Å². The number of para-hydroxylation sites is 1. The van der Waals surface area contributed by atoms with Crippen molar-refractivity contribution < 1.29 is 4.57 Å². The highest BCUT2D eigenvalue weighted by molar-refractivity contribution is 5.31. The summed E-state index contributed by atoms with van der Waals surface area (Å²) in [5.74, 6) is 1.44. The molecule has 2 heteroatoms. The van der Waals surface area contributed by atoms with Crippen LogP contribution in [-0.4, -0.2) is 4.57 Å². The SMILES string of the molecule is CCCCCCCCCCC[n+]1ccn(-c2ccccc2)c1CCC. The first-order chi connectivity index (χ1) is 12.4. The minimum Gasteiger partial charge on any atom is -0.234 e. The van der Waals surface area contributed by atoms with Gasteiger partial charge in [-0.1, -0.05) is 77.0 Å². The van der Waals surface area contributed by atoms with E-state index in [-0.39, 0.29) is 0 Å². The molecule has 0 amide bonds. The fourth-order valence-corrected chi connectivity index (χ4v) is 3.57. The van der Waals surface area contributed by atoms with Crippen LogP contribution in [0.15, 0.2) is 42.7 Å². The monoisotopic (exact) mass is 341 g/mol. The number of nitrogens with zero attached hydrogens (tertiary/aromatic N) is 2. The highest BCUT2D eigenvalue weighted by Crippen LogP contribution is 2.12. The maximum Gasteiger partial charge on any atom is 0.261 e. The molecule has 0 fully saturated rings. The van der Waals surface area contributed by atoms with Crippen molar-refractivity contribution in [3.05, 3.63) is 48.5 Å². The van der Waals surface area contributed by atoms with E-state index < -0.39 is 0 Å². The largest absolute Gasteiger partial charge is 0.261 e. The van der Waals surface area contributed by atoms with Crippen molar-refractivity contribution in [3.8, 4) is 5.69 Å². The predicted molar refractivity (Wildman–Crippen MR) is 107 cm³/mol. The molecule has 2 rings (SSSR count). The van der Waals surface area contributed by atoms with Gasteiger partial charge in [-0.15, -0.1) is 0 Å². The molecule has 2 aromatic rings. The van der Waals surface area contributed by atoms with Gasteiger partial charge in [0.05, 0.1) is 6.54 Å². The highest BCUT2D eigenvalue weighted by Gasteiger charge is 2.17. The molecule has 0 aliphatic heterocycles. The third-order valence-corrected chi connectivity index (χ3v) is 5.02. The molecule has 0 aliphatic carbocycles. The van der Waals surface area contributed by atoms with Crippen LogP contribution >= 0.6 is 0 Å². The Hall–Kier alpha value is -1.57. The molecule has 138 valence electrons. The quantitative estimate of drug-likeness (QED) is 0.301. The molecule has 1 aromatic carbocycles. The molecule has 0 bridgehead atoms. The number of imidazole rings is 1. The van der Waals surface area contributed by atoms with Gasteiger partial charge < -0.3 is 0 Å². The zero-order chi connectivity index (χ0) is 17.7. The van der Waals surface area contributed by atoms with Crippen LogP contribution in [0, 0.1) is 0 Å². The number of aromatic nitrogens is 2. The van der Waals surface area contributed by atoms with E-state index in [2.05, 4.69) is 65.7 Å². The summed E-state index contributed by atoms with van der Waals surface area (Å²) in [4.78, 5) is 0. The lowest BCUT2D eigenvalue weighted by molar-refractivity contribution is -0.704. The van der Waals surface area contributed by atoms with Crippen LogP contribution in [-0.2, 0) is 13.0 Å². The number of hydrogen-bond donors (Lipinski definition) is 0. The van der Waals surface area contributed by atoms with Gasteiger partial charge in [0.25, 0.3) is 5.82 Å². The van der Waals surface area contributed by atoms with Crippen LogP contribution in [0.3, 0.4) is 0 Å². The van der Waals surface area contributed by atoms with Gasteiger partial charge in [0.15, 0.2) is 0 Å². The van der Waals surface area contributed by atoms with E-state index in [0.29, 0.717) is 0 Å². The van der Waals surface area contributed by atoms with Crippen molar-refractivity contribution in [2.24, 2.45) is 0 Å². The van der Waals surface area contributed by atoms with E-state index in [4.69, 9.17) is 0 Å². The van der Waals surface area contributed by atoms with Gasteiger partial charge in [-0.05, 0) is 31.4 Å². The van der Waals surface area contributed by atoms with Crippen LogP contribution < -0.4 is 4.57 Å². The van der Waals surface area contributed by atoms with Crippen molar-refractivity contribution in [2.75, 3.05) is 0 Å². The zero-order valence-corrected chi connectivity index (χ0v) is 16.4. The summed E-state index contributed by atoms with van der Waals surface area (Å²) in [5.41, 5.74) is 1.27. The van der Waals surface area contributed by atoms with Crippen LogP contribution in [0.1, 0.15) is 83.9 Å². The van der Waals surface area contributed by atoms with Crippen LogP contribution in [0.5, 0.6) is 0 Å². The fraction of sp³-hybridized carbons (Fsp3) is 0.609. The van der Waals surface area contributed by atoms with Gasteiger partial charge in [-0.25, -0.2) is 4.57 Å². The normalized spacial score (nSPS) is 11.1. The molecule has 0 N–H and O–H groups in total. The molecule has 1 aromatic heterocycles. The van der Waals surface area contributed by atoms with Gasteiger partial charge in [0, 0.05) is 6.42 Å². The molecular formula is C23H37N2+. The van der Waals surface area contributed by atoms with Gasteiger partial charge in [-0.2, -0.15) is 4.57 Å². The van der Waals surface area contributed by atoms with Crippen molar-refractivity contribution in [1.82, 2.24) is 4.57 Å². The molecule has 0 spiro atoms. The molecule has 0 aliphatic rings. The van der Waals surface area contributed by atoms with Crippen molar-refractivity contribution in [2.45, 2.75) is 91.0 Å². The smallest absolute Gasteiger partial charge is 0.234 e. The molecule has 0 radical (unpaired) electrons. The van der Waals surface area contributed by atoms with Crippen LogP contribution in [0.2, 0.25) is 0 Å². The maximum absolute atomic E-state index is 2.47. The zero-order valence-electron chi connectivity index (χ0n) is 16.4. The topological polar surface area (TPSA) is 8.81 Å². The molecule has 2 nitrogen and oxygen atoms in total. The van der Waals surface area contributed by atoms with E-state index in [9.17, 15) is 0 Å². The lowest BCUT2D eigenvalue weighted by Crippen LogP contribution is -2.37. The number of unbranched alkanes of at least 4 members (excludes halogenated alkanes) is 8. The van der Waals surface area contributed by atoms with E-state index in [1.54, 1.807) is 0 Å². The lowest BCUT2D eigenvalue weighted by atomic mass is 10.1. The summed E-state index contributed by atoms with van der Waals surface area (Å²) in [6.45, 7) is 5.71. The molecule has 0 saturated carbocycles. The third-order valence-electron chi connectivity index (χ3n) is 5.02. The average Bonchev–Trinajstić information content (AvgIpc) is 3.04. The van der Waals surface area contributed by atoms with E-state index in [1.807, 2.05) is 0 Å². The number of aryl methyl sites for hydroxylation is 1. The number of rotatable bonds is 13. The van der Waals surface area contributed by atoms with Gasteiger partial charge in [-0.3, -0.25) is 0 Å². The first-order valence-corrected chi connectivity index (χ1v) is 10.5. The molecule has 25 heavy (non-hydrogen) atoms. The molecule has 1 heterocycles. The Morgan fingerprint density at radius 3 is 2.04 bits per heavy atom. The number of hydrogen-bond acceptors (Lipinski definition) is 0. The Bertz CT molecular complexity index is 571. The van der Waals surface area contributed by atoms with Gasteiger partial charge in [0.2, 0.25) is 0 Å². The first-order valence-electron chi connectivity index (χ1n) is 10.5. The van der Waals surface area contributed by atoms with Crippen LogP contribution in [0.4, 0.5) is 0 Å². The summed E-state index contributed by atoms with van der Waals surface area (Å²) in [6, 6.07) is 10.7. The first kappa shape index (κ1) is 19.8. The van der Waals surface area contributed by atoms with Crippen molar-refractivity contribution >= 4 is 0 Å². The predicted octanol–water partition coefficient (Wildman–Crippen LogP) is 6.25.